The van der Waals surface area contributed by atoms with Crippen molar-refractivity contribution >= 4 is 53.1 Å². The largest absolute Gasteiger partial charge is 1.00 e. The summed E-state index contributed by atoms with van der Waals surface area (Å²) in [5.74, 6) is -2.20. The van der Waals surface area contributed by atoms with Gasteiger partial charge in [0, 0.05) is 32.7 Å². The number of carboxylic acid groups (broad SMARTS) is 1. The number of thioether (sulfide) groups is 3. The summed E-state index contributed by atoms with van der Waals surface area (Å²) in [6.45, 7) is 0. The number of nitrogens with zero attached hydrogens (tertiary/aromatic N) is 9. The maximum atomic E-state index is 13.1. The number of β-lactam (4-membered cyclic amide) rings is 1. The van der Waals surface area contributed by atoms with Gasteiger partial charge in [-0.25, -0.2) is 9.36 Å². The first-order chi connectivity index (χ1) is 15.8. The van der Waals surface area contributed by atoms with Crippen molar-refractivity contribution in [3.8, 4) is 0 Å². The number of nitrogens with one attached hydrogen (secondary N) is 1. The monoisotopic (exact) mass is 536 g/mol. The zero-order valence-electron chi connectivity index (χ0n) is 18.5. The van der Waals surface area contributed by atoms with E-state index in [1.807, 2.05) is 0 Å². The van der Waals surface area contributed by atoms with E-state index in [-0.39, 0.29) is 52.5 Å². The van der Waals surface area contributed by atoms with Gasteiger partial charge in [0.15, 0.2) is 0 Å². The summed E-state index contributed by atoms with van der Waals surface area (Å²) in [7, 11) is 4.58. The van der Waals surface area contributed by atoms with Gasteiger partial charge in [-0.2, -0.15) is 0 Å². The van der Waals surface area contributed by atoms with E-state index < -0.39 is 28.9 Å². The molecule has 19 heteroatoms. The predicted octanol–water partition coefficient (Wildman–Crippen LogP) is -6.00. The first kappa shape index (κ1) is 26.9. The molecule has 1 fully saturated rings. The Morgan fingerprint density at radius 2 is 1.82 bits per heavy atom. The minimum Gasteiger partial charge on any atom is -0.543 e. The minimum atomic E-state index is -1.69. The summed E-state index contributed by atoms with van der Waals surface area (Å²) in [5, 5.41) is 36.8. The molecule has 0 unspecified atom stereocenters. The van der Waals surface area contributed by atoms with E-state index >= 15 is 0 Å². The summed E-state index contributed by atoms with van der Waals surface area (Å²) in [6, 6.07) is 0. The van der Waals surface area contributed by atoms with Crippen LogP contribution in [0.4, 0.5) is 0 Å². The SMILES string of the molecule is CO[C@@]1(NC(=O)CSc2nnnn2C)C(=O)N2C(C(=O)[O-])=C(CSc3nnnn3C)CS[C@@H]21.[Na+]. The number of hydrogen-bond donors (Lipinski definition) is 1. The van der Waals surface area contributed by atoms with Gasteiger partial charge in [-0.05, 0) is 26.4 Å². The van der Waals surface area contributed by atoms with E-state index in [0.717, 1.165) is 16.7 Å². The van der Waals surface area contributed by atoms with Gasteiger partial charge in [0.25, 0.3) is 11.6 Å². The number of amides is 2. The minimum absolute atomic E-state index is 0. The number of aromatic nitrogens is 8. The van der Waals surface area contributed by atoms with E-state index in [9.17, 15) is 19.5 Å². The number of methoxy groups -OCH3 is 1. The first-order valence-electron chi connectivity index (χ1n) is 9.23. The summed E-state index contributed by atoms with van der Waals surface area (Å²) < 4.78 is 8.28. The molecule has 0 aromatic carbocycles. The Labute approximate surface area is 227 Å². The van der Waals surface area contributed by atoms with Crippen LogP contribution in [0.5, 0.6) is 0 Å². The second-order valence-corrected chi connectivity index (χ2v) is 9.77. The third-order valence-electron chi connectivity index (χ3n) is 4.82. The number of fused-ring (bicyclic) bond motifs is 1. The van der Waals surface area contributed by atoms with Crippen LogP contribution in [0.1, 0.15) is 0 Å². The Balaban J connectivity index is 0.00000324. The van der Waals surface area contributed by atoms with Crippen LogP contribution in [0.3, 0.4) is 0 Å². The molecule has 1 N–H and O–H groups in total. The predicted molar refractivity (Wildman–Crippen MR) is 112 cm³/mol. The second kappa shape index (κ2) is 10.9. The maximum Gasteiger partial charge on any atom is 1.00 e. The molecule has 2 aliphatic rings. The van der Waals surface area contributed by atoms with Crippen LogP contribution in [0.25, 0.3) is 0 Å². The van der Waals surface area contributed by atoms with Crippen molar-refractivity contribution in [1.82, 2.24) is 50.6 Å². The van der Waals surface area contributed by atoms with Crippen molar-refractivity contribution in [2.45, 2.75) is 21.4 Å². The van der Waals surface area contributed by atoms with Gasteiger partial charge >= 0.3 is 29.6 Å². The number of ether oxygens (including phenoxy) is 1. The van der Waals surface area contributed by atoms with Crippen LogP contribution >= 0.6 is 35.3 Å². The van der Waals surface area contributed by atoms with Crippen molar-refractivity contribution in [3.05, 3.63) is 11.3 Å². The maximum absolute atomic E-state index is 13.1. The fourth-order valence-electron chi connectivity index (χ4n) is 3.25. The molecule has 2 amide bonds. The normalized spacial score (nSPS) is 21.6. The van der Waals surface area contributed by atoms with Crippen LogP contribution in [0, 0.1) is 0 Å². The molecule has 2 aromatic heterocycles. The van der Waals surface area contributed by atoms with Gasteiger partial charge in [0.05, 0.1) is 17.4 Å². The standard InChI is InChI=1S/C15H18N10O5S3.Na/c1-23-13(17-19-21-23)32-5-7-4-31-12-15(30-3,11(29)25(12)9(7)10(27)28)16-8(26)6-33-14-18-20-22-24(14)2;/h12H,4-6H2,1-3H3,(H,16,26)(H,27,28);/q;+1/p-1/t12-,15+;/m1./s1. The van der Waals surface area contributed by atoms with Crippen LogP contribution in [-0.4, -0.2) is 98.6 Å². The van der Waals surface area contributed by atoms with Gasteiger partial charge in [0.1, 0.15) is 5.37 Å². The summed E-state index contributed by atoms with van der Waals surface area (Å²) in [4.78, 5) is 38.7. The summed E-state index contributed by atoms with van der Waals surface area (Å²) >= 11 is 3.60. The van der Waals surface area contributed by atoms with Gasteiger partial charge in [-0.3, -0.25) is 14.5 Å². The van der Waals surface area contributed by atoms with E-state index in [1.54, 1.807) is 14.1 Å². The van der Waals surface area contributed by atoms with Crippen molar-refractivity contribution in [3.63, 3.8) is 0 Å². The molecule has 0 radical (unpaired) electrons. The third-order valence-corrected chi connectivity index (χ3v) is 8.30. The molecule has 176 valence electrons. The Morgan fingerprint density at radius 1 is 1.21 bits per heavy atom. The Kier molecular flexibility index (Phi) is 8.64. The van der Waals surface area contributed by atoms with Gasteiger partial charge in [-0.15, -0.1) is 22.0 Å². The van der Waals surface area contributed by atoms with Crippen molar-refractivity contribution in [1.29, 1.82) is 0 Å². The molecule has 2 aliphatic heterocycles. The zero-order chi connectivity index (χ0) is 23.8. The molecular formula is C15H17N10NaO5S3. The molecule has 0 spiro atoms. The van der Waals surface area contributed by atoms with Gasteiger partial charge in [-0.1, -0.05) is 23.5 Å². The van der Waals surface area contributed by atoms with Gasteiger partial charge in [0.2, 0.25) is 16.2 Å². The molecule has 2 atom stereocenters. The second-order valence-electron chi connectivity index (χ2n) is 6.81. The average Bonchev–Trinajstić information content (AvgIpc) is 3.40. The number of aryl methyl sites for hydroxylation is 2. The van der Waals surface area contributed by atoms with E-state index in [0.29, 0.717) is 15.9 Å². The number of tetrazole rings is 2. The number of carbonyl (C=O) groups is 3. The van der Waals surface area contributed by atoms with Crippen molar-refractivity contribution in [2.24, 2.45) is 14.1 Å². The first-order valence-corrected chi connectivity index (χ1v) is 12.3. The quantitative estimate of drug-likeness (QED) is 0.138. The average molecular weight is 537 g/mol. The number of rotatable bonds is 9. The number of aliphatic carboxylic acids is 1. The molecule has 2 aromatic rings. The summed E-state index contributed by atoms with van der Waals surface area (Å²) in [6.07, 6.45) is 0. The van der Waals surface area contributed by atoms with Crippen molar-refractivity contribution < 1.29 is 53.8 Å². The number of hydrogen-bond acceptors (Lipinski definition) is 14. The fourth-order valence-corrected chi connectivity index (χ4v) is 6.33. The Morgan fingerprint density at radius 3 is 2.35 bits per heavy atom. The summed E-state index contributed by atoms with van der Waals surface area (Å²) in [5.41, 5.74) is -1.43. The Hall–Kier alpha value is -1.70. The smallest absolute Gasteiger partial charge is 0.543 e. The van der Waals surface area contributed by atoms with Crippen LogP contribution < -0.4 is 40.0 Å². The molecule has 4 heterocycles. The number of carboxylic acids is 1. The number of carbonyl (C=O) groups excluding carboxylic acids is 3. The van der Waals surface area contributed by atoms with Gasteiger partial charge < -0.3 is 20.0 Å². The third kappa shape index (κ3) is 4.84. The van der Waals surface area contributed by atoms with E-state index in [4.69, 9.17) is 4.74 Å². The fraction of sp³-hybridized carbons (Fsp3) is 0.533. The Bertz CT molecular complexity index is 1140. The van der Waals surface area contributed by atoms with Crippen LogP contribution in [0.15, 0.2) is 21.6 Å². The molecule has 4 rings (SSSR count). The van der Waals surface area contributed by atoms with E-state index in [1.165, 1.54) is 40.0 Å². The topological polar surface area (TPSA) is 186 Å². The van der Waals surface area contributed by atoms with Crippen LogP contribution in [-0.2, 0) is 33.2 Å². The molecule has 1 saturated heterocycles. The van der Waals surface area contributed by atoms with E-state index in [2.05, 4.69) is 36.4 Å². The molecule has 34 heavy (non-hydrogen) atoms. The molecule has 0 saturated carbocycles. The molecule has 0 bridgehead atoms. The van der Waals surface area contributed by atoms with Crippen molar-refractivity contribution in [2.75, 3.05) is 24.4 Å². The molecule has 15 nitrogen and oxygen atoms in total. The van der Waals surface area contributed by atoms with Crippen LogP contribution in [0.2, 0.25) is 0 Å². The molecular weight excluding hydrogens is 519 g/mol. The zero-order valence-corrected chi connectivity index (χ0v) is 22.9. The molecule has 0 aliphatic carbocycles.